The molecule has 2 aliphatic rings. The summed E-state index contributed by atoms with van der Waals surface area (Å²) < 4.78 is 6.95. The van der Waals surface area contributed by atoms with Gasteiger partial charge in [0.2, 0.25) is 0 Å². The number of hydrogen-bond acceptors (Lipinski definition) is 2. The molecule has 1 aromatic heterocycles. The molecule has 14 rings (SSSR count). The van der Waals surface area contributed by atoms with Crippen LogP contribution in [0.5, 0.6) is 0 Å². The summed E-state index contributed by atoms with van der Waals surface area (Å²) in [6.07, 6.45) is 0. The average Bonchev–Trinajstić information content (AvgIpc) is 4.08. The Balaban J connectivity index is 0.907. The summed E-state index contributed by atoms with van der Waals surface area (Å²) in [5.74, 6) is 0. The number of para-hydroxylation sites is 1. The summed E-state index contributed by atoms with van der Waals surface area (Å²) >= 11 is 0. The van der Waals surface area contributed by atoms with Gasteiger partial charge in [-0.05, 0) is 157 Å². The van der Waals surface area contributed by atoms with Crippen molar-refractivity contribution in [1.82, 2.24) is 0 Å². The smallest absolute Gasteiger partial charge is 0.140 e. The van der Waals surface area contributed by atoms with E-state index in [1.807, 2.05) is 0 Å². The number of fused-ring (bicyclic) bond motifs is 14. The van der Waals surface area contributed by atoms with Crippen molar-refractivity contribution in [3.05, 3.63) is 282 Å². The molecule has 2 aliphatic carbocycles. The molecule has 0 amide bonds. The molecular formula is C69H47NO. The Kier molecular flexibility index (Phi) is 9.28. The van der Waals surface area contributed by atoms with Crippen LogP contribution in [-0.2, 0) is 5.41 Å². The maximum Gasteiger partial charge on any atom is 0.140 e. The van der Waals surface area contributed by atoms with Crippen molar-refractivity contribution in [1.29, 1.82) is 0 Å². The normalized spacial score (nSPS) is 14.1. The maximum absolute atomic E-state index is 6.95. The number of anilines is 3. The van der Waals surface area contributed by atoms with Crippen LogP contribution in [0, 0.1) is 13.8 Å². The lowest BCUT2D eigenvalue weighted by molar-refractivity contribution is 0.652. The maximum atomic E-state index is 6.95. The van der Waals surface area contributed by atoms with Crippen LogP contribution in [0.25, 0.3) is 88.7 Å². The van der Waals surface area contributed by atoms with E-state index in [2.05, 4.69) is 267 Å². The van der Waals surface area contributed by atoms with Crippen molar-refractivity contribution in [2.24, 2.45) is 0 Å². The summed E-state index contributed by atoms with van der Waals surface area (Å²) in [6.45, 7) is 4.42. The highest BCUT2D eigenvalue weighted by Crippen LogP contribution is 2.65. The summed E-state index contributed by atoms with van der Waals surface area (Å²) in [7, 11) is 0. The van der Waals surface area contributed by atoms with Gasteiger partial charge in [-0.3, -0.25) is 0 Å². The lowest BCUT2D eigenvalue weighted by Gasteiger charge is -2.30. The van der Waals surface area contributed by atoms with Crippen molar-refractivity contribution in [2.75, 3.05) is 4.90 Å². The molecule has 1 atom stereocenters. The van der Waals surface area contributed by atoms with Gasteiger partial charge in [0, 0.05) is 33.4 Å². The molecule has 0 fully saturated rings. The Morgan fingerprint density at radius 3 is 1.49 bits per heavy atom. The summed E-state index contributed by atoms with van der Waals surface area (Å²) in [5.41, 5.74) is 27.0. The van der Waals surface area contributed by atoms with E-state index in [9.17, 15) is 0 Å². The number of furan rings is 1. The molecular weight excluding hydrogens is 859 g/mol. The molecule has 1 heterocycles. The quantitative estimate of drug-likeness (QED) is 0.158. The van der Waals surface area contributed by atoms with Gasteiger partial charge >= 0.3 is 0 Å². The summed E-state index contributed by atoms with van der Waals surface area (Å²) in [6, 6.07) is 91.3. The molecule has 0 bridgehead atoms. The minimum atomic E-state index is -0.560. The molecule has 2 nitrogen and oxygen atoms in total. The highest BCUT2D eigenvalue weighted by atomic mass is 16.3. The molecule has 0 aliphatic heterocycles. The topological polar surface area (TPSA) is 16.4 Å². The van der Waals surface area contributed by atoms with E-state index in [0.29, 0.717) is 0 Å². The van der Waals surface area contributed by atoms with E-state index >= 15 is 0 Å². The third-order valence-electron chi connectivity index (χ3n) is 15.4. The molecule has 1 spiro atoms. The highest BCUT2D eigenvalue weighted by molar-refractivity contribution is 6.12. The van der Waals surface area contributed by atoms with Crippen molar-refractivity contribution in [2.45, 2.75) is 19.3 Å². The highest BCUT2D eigenvalue weighted by Gasteiger charge is 2.53. The Morgan fingerprint density at radius 2 is 0.803 bits per heavy atom. The SMILES string of the molecule is Cc1ccccc1-c1c(C)cccc1-c1ccc(N(c2ccc(-c3ccccc3)cc2)c2ccc(-c3cccc4c3-c3ccccc3C43c4ccccc4-c4ccc5c(oc6ccccc65)c43)cc2)cc1. The van der Waals surface area contributed by atoms with Gasteiger partial charge in [-0.25, -0.2) is 0 Å². The van der Waals surface area contributed by atoms with Crippen LogP contribution < -0.4 is 4.90 Å². The molecule has 0 saturated carbocycles. The van der Waals surface area contributed by atoms with Crippen LogP contribution >= 0.6 is 0 Å². The van der Waals surface area contributed by atoms with E-state index in [4.69, 9.17) is 4.42 Å². The fraction of sp³-hybridized carbons (Fsp3) is 0.0435. The van der Waals surface area contributed by atoms with Crippen molar-refractivity contribution in [3.8, 4) is 66.8 Å². The molecule has 0 saturated heterocycles. The zero-order chi connectivity index (χ0) is 47.2. The molecule has 1 unspecified atom stereocenters. The number of rotatable bonds is 7. The van der Waals surface area contributed by atoms with Gasteiger partial charge < -0.3 is 9.32 Å². The van der Waals surface area contributed by atoms with Gasteiger partial charge in [-0.1, -0.05) is 200 Å². The van der Waals surface area contributed by atoms with E-state index < -0.39 is 5.41 Å². The van der Waals surface area contributed by atoms with Crippen LogP contribution in [0.4, 0.5) is 17.1 Å². The Bertz CT molecular complexity index is 4050. The number of aryl methyl sites for hydroxylation is 2. The third-order valence-corrected chi connectivity index (χ3v) is 15.4. The Labute approximate surface area is 414 Å². The number of benzene rings is 11. The number of hydrogen-bond donors (Lipinski definition) is 0. The fourth-order valence-corrected chi connectivity index (χ4v) is 12.3. The summed E-state index contributed by atoms with van der Waals surface area (Å²) in [4.78, 5) is 2.38. The minimum Gasteiger partial charge on any atom is -0.456 e. The Morgan fingerprint density at radius 1 is 0.310 bits per heavy atom. The monoisotopic (exact) mass is 905 g/mol. The lowest BCUT2D eigenvalue weighted by atomic mass is 9.70. The molecule has 11 aromatic carbocycles. The molecule has 2 heteroatoms. The first-order valence-corrected chi connectivity index (χ1v) is 24.7. The average molecular weight is 906 g/mol. The standard InChI is InChI=1S/C69H47NO/c1-44-16-6-7-20-53(44)65-45(2)17-14-24-54(65)48-32-38-51(39-33-48)70(50-36-30-47(31-37-50)46-18-4-3-5-19-46)52-40-34-49(35-41-52)55-25-15-28-63-66(55)60-23-9-12-27-62(60)69(63)61-26-11-8-21-56(61)58-42-43-59-57-22-10-13-29-64(57)71-68(59)67(58)69/h3-43H,1-2H3. The first-order valence-electron chi connectivity index (χ1n) is 24.7. The zero-order valence-corrected chi connectivity index (χ0v) is 39.5. The van der Waals surface area contributed by atoms with Crippen LogP contribution in [-0.4, -0.2) is 0 Å². The first-order chi connectivity index (χ1) is 35.1. The van der Waals surface area contributed by atoms with Gasteiger partial charge in [0.1, 0.15) is 11.2 Å². The van der Waals surface area contributed by atoms with Gasteiger partial charge in [0.05, 0.1) is 5.41 Å². The van der Waals surface area contributed by atoms with E-state index in [1.54, 1.807) is 0 Å². The predicted octanol–water partition coefficient (Wildman–Crippen LogP) is 18.7. The van der Waals surface area contributed by atoms with Crippen molar-refractivity contribution >= 4 is 39.0 Å². The second kappa shape index (κ2) is 16.1. The molecule has 334 valence electrons. The first kappa shape index (κ1) is 41.0. The predicted molar refractivity (Wildman–Crippen MR) is 296 cm³/mol. The minimum absolute atomic E-state index is 0.560. The van der Waals surface area contributed by atoms with Gasteiger partial charge in [-0.15, -0.1) is 0 Å². The van der Waals surface area contributed by atoms with Gasteiger partial charge in [-0.2, -0.15) is 0 Å². The van der Waals surface area contributed by atoms with Crippen LogP contribution in [0.3, 0.4) is 0 Å². The van der Waals surface area contributed by atoms with Gasteiger partial charge in [0.25, 0.3) is 0 Å². The van der Waals surface area contributed by atoms with Crippen molar-refractivity contribution in [3.63, 3.8) is 0 Å². The van der Waals surface area contributed by atoms with E-state index in [-0.39, 0.29) is 0 Å². The lowest BCUT2D eigenvalue weighted by Crippen LogP contribution is -2.26. The fourth-order valence-electron chi connectivity index (χ4n) is 12.3. The van der Waals surface area contributed by atoms with E-state index in [0.717, 1.165) is 39.0 Å². The van der Waals surface area contributed by atoms with Crippen LogP contribution in [0.1, 0.15) is 33.4 Å². The second-order valence-corrected chi connectivity index (χ2v) is 19.2. The molecule has 71 heavy (non-hydrogen) atoms. The second-order valence-electron chi connectivity index (χ2n) is 19.2. The van der Waals surface area contributed by atoms with E-state index in [1.165, 1.54) is 100 Å². The zero-order valence-electron chi connectivity index (χ0n) is 39.5. The molecule has 0 N–H and O–H groups in total. The molecule has 0 radical (unpaired) electrons. The van der Waals surface area contributed by atoms with Crippen LogP contribution in [0.15, 0.2) is 253 Å². The third kappa shape index (κ3) is 6.14. The largest absolute Gasteiger partial charge is 0.456 e. The Hall–Kier alpha value is -8.98. The molecule has 12 aromatic rings. The van der Waals surface area contributed by atoms with Gasteiger partial charge in [0.15, 0.2) is 0 Å². The number of nitrogens with zero attached hydrogens (tertiary/aromatic N) is 1. The van der Waals surface area contributed by atoms with Crippen LogP contribution in [0.2, 0.25) is 0 Å². The summed E-state index contributed by atoms with van der Waals surface area (Å²) in [5, 5.41) is 2.30. The van der Waals surface area contributed by atoms with Crippen molar-refractivity contribution < 1.29 is 4.42 Å².